The van der Waals surface area contributed by atoms with E-state index in [1.54, 1.807) is 42.7 Å². The van der Waals surface area contributed by atoms with Crippen molar-refractivity contribution >= 4 is 5.91 Å². The molecule has 1 saturated heterocycles. The number of carbonyl (C=O) groups excluding carboxylic acids is 1. The number of pyridine rings is 1. The van der Waals surface area contributed by atoms with Crippen LogP contribution in [0.25, 0.3) is 0 Å². The molecule has 184 valence electrons. The zero-order chi connectivity index (χ0) is 24.8. The topological polar surface area (TPSA) is 60.9 Å². The van der Waals surface area contributed by atoms with Gasteiger partial charge < -0.3 is 19.1 Å². The van der Waals surface area contributed by atoms with Crippen molar-refractivity contribution in [3.05, 3.63) is 89.2 Å². The Kier molecular flexibility index (Phi) is 7.55. The van der Waals surface area contributed by atoms with E-state index in [9.17, 15) is 18.0 Å². The number of benzene rings is 2. The molecule has 0 saturated carbocycles. The molecular weight excluding hydrogens is 461 g/mol. The Balaban J connectivity index is 1.63. The van der Waals surface area contributed by atoms with Crippen LogP contribution in [0.15, 0.2) is 67.0 Å². The summed E-state index contributed by atoms with van der Waals surface area (Å²) in [5.74, 6) is 0.280. The molecule has 9 heteroatoms. The zero-order valence-corrected chi connectivity index (χ0v) is 19.1. The van der Waals surface area contributed by atoms with Crippen LogP contribution in [0.3, 0.4) is 0 Å². The molecule has 1 aliphatic heterocycles. The van der Waals surface area contributed by atoms with E-state index in [4.69, 9.17) is 14.2 Å². The van der Waals surface area contributed by atoms with Gasteiger partial charge in [-0.1, -0.05) is 24.3 Å². The zero-order valence-electron chi connectivity index (χ0n) is 19.1. The minimum atomic E-state index is -4.65. The first-order valence-corrected chi connectivity index (χ1v) is 11.1. The van der Waals surface area contributed by atoms with Crippen molar-refractivity contribution in [2.24, 2.45) is 0 Å². The van der Waals surface area contributed by atoms with E-state index >= 15 is 0 Å². The van der Waals surface area contributed by atoms with Gasteiger partial charge in [0.25, 0.3) is 5.91 Å². The average Bonchev–Trinajstić information content (AvgIpc) is 3.37. The van der Waals surface area contributed by atoms with E-state index in [-0.39, 0.29) is 19.2 Å². The third kappa shape index (κ3) is 6.10. The average molecular weight is 486 g/mol. The van der Waals surface area contributed by atoms with Crippen LogP contribution in [0.2, 0.25) is 0 Å². The van der Waals surface area contributed by atoms with Gasteiger partial charge in [-0.25, -0.2) is 0 Å². The van der Waals surface area contributed by atoms with Crippen LogP contribution in [-0.2, 0) is 24.0 Å². The number of rotatable bonds is 8. The van der Waals surface area contributed by atoms with Crippen molar-refractivity contribution in [2.75, 3.05) is 20.3 Å². The molecule has 2 heterocycles. The number of ether oxygens (including phenoxy) is 3. The van der Waals surface area contributed by atoms with Gasteiger partial charge in [0.05, 0.1) is 31.5 Å². The molecule has 35 heavy (non-hydrogen) atoms. The first kappa shape index (κ1) is 24.5. The fourth-order valence-corrected chi connectivity index (χ4v) is 3.91. The van der Waals surface area contributed by atoms with Crippen molar-refractivity contribution in [1.82, 2.24) is 9.88 Å². The maximum Gasteiger partial charge on any atom is 0.417 e. The van der Waals surface area contributed by atoms with E-state index in [0.29, 0.717) is 35.8 Å². The number of nitrogens with zero attached hydrogens (tertiary/aromatic N) is 2. The Morgan fingerprint density at radius 3 is 2.57 bits per heavy atom. The smallest absolute Gasteiger partial charge is 0.417 e. The predicted octanol–water partition coefficient (Wildman–Crippen LogP) is 5.12. The van der Waals surface area contributed by atoms with E-state index in [1.807, 2.05) is 0 Å². The van der Waals surface area contributed by atoms with Crippen LogP contribution in [0, 0.1) is 0 Å². The lowest BCUT2D eigenvalue weighted by molar-refractivity contribution is -0.138. The van der Waals surface area contributed by atoms with Crippen LogP contribution < -0.4 is 9.47 Å². The van der Waals surface area contributed by atoms with Crippen LogP contribution in [0.5, 0.6) is 11.5 Å². The second kappa shape index (κ2) is 10.8. The molecule has 0 radical (unpaired) electrons. The molecule has 0 bridgehead atoms. The van der Waals surface area contributed by atoms with Gasteiger partial charge in [-0.3, -0.25) is 9.78 Å². The fourth-order valence-electron chi connectivity index (χ4n) is 3.91. The highest BCUT2D eigenvalue weighted by atomic mass is 19.4. The van der Waals surface area contributed by atoms with Crippen LogP contribution in [-0.4, -0.2) is 42.2 Å². The SMILES string of the molecule is COc1cc(CN(Cc2cccnc2)C(=O)c2ccccc2C(F)(F)F)ccc1OC1CCOC1. The molecule has 1 amide bonds. The van der Waals surface area contributed by atoms with Crippen molar-refractivity contribution < 1.29 is 32.2 Å². The van der Waals surface area contributed by atoms with Crippen molar-refractivity contribution in [3.8, 4) is 11.5 Å². The summed E-state index contributed by atoms with van der Waals surface area (Å²) in [5, 5.41) is 0. The molecule has 1 fully saturated rings. The largest absolute Gasteiger partial charge is 0.493 e. The lowest BCUT2D eigenvalue weighted by Gasteiger charge is -2.25. The quantitative estimate of drug-likeness (QED) is 0.442. The van der Waals surface area contributed by atoms with Gasteiger partial charge in [-0.15, -0.1) is 0 Å². The summed E-state index contributed by atoms with van der Waals surface area (Å²) in [4.78, 5) is 18.8. The van der Waals surface area contributed by atoms with Gasteiger partial charge >= 0.3 is 6.18 Å². The molecule has 0 aliphatic carbocycles. The molecule has 0 N–H and O–H groups in total. The first-order chi connectivity index (χ1) is 16.8. The van der Waals surface area contributed by atoms with Crippen LogP contribution in [0.1, 0.15) is 33.5 Å². The maximum atomic E-state index is 13.6. The number of hydrogen-bond acceptors (Lipinski definition) is 5. The third-order valence-corrected chi connectivity index (χ3v) is 5.63. The third-order valence-electron chi connectivity index (χ3n) is 5.63. The fraction of sp³-hybridized carbons (Fsp3) is 0.308. The van der Waals surface area contributed by atoms with Gasteiger partial charge in [0.15, 0.2) is 11.5 Å². The molecule has 0 spiro atoms. The number of amides is 1. The summed E-state index contributed by atoms with van der Waals surface area (Å²) in [6, 6.07) is 13.5. The Hall–Kier alpha value is -3.59. The van der Waals surface area contributed by atoms with Crippen LogP contribution >= 0.6 is 0 Å². The van der Waals surface area contributed by atoms with Gasteiger partial charge in [0.1, 0.15) is 6.10 Å². The summed E-state index contributed by atoms with van der Waals surface area (Å²) in [6.45, 7) is 1.27. The number of halogens is 3. The number of methoxy groups -OCH3 is 1. The summed E-state index contributed by atoms with van der Waals surface area (Å²) in [6.07, 6.45) is -0.780. The predicted molar refractivity (Wildman–Crippen MR) is 122 cm³/mol. The number of aromatic nitrogens is 1. The first-order valence-electron chi connectivity index (χ1n) is 11.1. The van der Waals surface area contributed by atoms with E-state index < -0.39 is 23.2 Å². The van der Waals surface area contributed by atoms with Gasteiger partial charge in [-0.2, -0.15) is 13.2 Å². The Bertz CT molecular complexity index is 1150. The molecule has 1 aliphatic rings. The Morgan fingerprint density at radius 1 is 1.09 bits per heavy atom. The maximum absolute atomic E-state index is 13.6. The monoisotopic (exact) mass is 486 g/mol. The molecule has 1 aromatic heterocycles. The summed E-state index contributed by atoms with van der Waals surface area (Å²) in [7, 11) is 1.51. The summed E-state index contributed by atoms with van der Waals surface area (Å²) < 4.78 is 57.6. The van der Waals surface area contributed by atoms with Gasteiger partial charge in [0.2, 0.25) is 0 Å². The van der Waals surface area contributed by atoms with E-state index in [2.05, 4.69) is 4.98 Å². The normalized spacial score (nSPS) is 15.6. The van der Waals surface area contributed by atoms with Gasteiger partial charge in [-0.05, 0) is 41.5 Å². The molecule has 6 nitrogen and oxygen atoms in total. The lowest BCUT2D eigenvalue weighted by Crippen LogP contribution is -2.32. The van der Waals surface area contributed by atoms with Crippen molar-refractivity contribution in [2.45, 2.75) is 31.8 Å². The highest BCUT2D eigenvalue weighted by Gasteiger charge is 2.36. The molecule has 1 unspecified atom stereocenters. The van der Waals surface area contributed by atoms with Crippen molar-refractivity contribution in [3.63, 3.8) is 0 Å². The Labute approximate surface area is 201 Å². The highest BCUT2D eigenvalue weighted by Crippen LogP contribution is 2.34. The summed E-state index contributed by atoms with van der Waals surface area (Å²) >= 11 is 0. The standard InChI is InChI=1S/C26H25F3N2O4/c1-33-24-13-18(8-9-23(24)35-20-10-12-34-17-20)15-31(16-19-5-4-11-30-14-19)25(32)21-6-2-3-7-22(21)26(27,28)29/h2-9,11,13-14,20H,10,12,15-17H2,1H3. The van der Waals surface area contributed by atoms with Crippen LogP contribution in [0.4, 0.5) is 13.2 Å². The molecular formula is C26H25F3N2O4. The minimum Gasteiger partial charge on any atom is -0.493 e. The molecule has 4 rings (SSSR count). The number of alkyl halides is 3. The second-order valence-corrected chi connectivity index (χ2v) is 8.15. The lowest BCUT2D eigenvalue weighted by atomic mass is 10.0. The molecule has 2 aromatic carbocycles. The minimum absolute atomic E-state index is 0.0586. The second-order valence-electron chi connectivity index (χ2n) is 8.15. The molecule has 1 atom stereocenters. The number of hydrogen-bond donors (Lipinski definition) is 0. The van der Waals surface area contributed by atoms with Gasteiger partial charge in [0, 0.05) is 31.9 Å². The van der Waals surface area contributed by atoms with E-state index in [1.165, 1.54) is 30.2 Å². The summed E-state index contributed by atoms with van der Waals surface area (Å²) in [5.41, 5.74) is -0.00423. The highest BCUT2D eigenvalue weighted by molar-refractivity contribution is 5.95. The molecule has 3 aromatic rings. The van der Waals surface area contributed by atoms with E-state index in [0.717, 1.165) is 12.5 Å². The van der Waals surface area contributed by atoms with Crippen molar-refractivity contribution in [1.29, 1.82) is 0 Å². The Morgan fingerprint density at radius 2 is 1.89 bits per heavy atom. The number of carbonyl (C=O) groups is 1.